The number of benzene rings is 2. The van der Waals surface area contributed by atoms with Crippen molar-refractivity contribution in [1.29, 1.82) is 0 Å². The van der Waals surface area contributed by atoms with E-state index in [9.17, 15) is 8.42 Å². The first-order chi connectivity index (χ1) is 12.6. The molecule has 2 aromatic rings. The van der Waals surface area contributed by atoms with Gasteiger partial charge < -0.3 is 10.6 Å². The fraction of sp³-hybridized carbons (Fsp3) is 0.450. The Balaban J connectivity index is 2.13. The Kier molecular flexibility index (Phi) is 6.84. The zero-order valence-electron chi connectivity index (χ0n) is 16.7. The van der Waals surface area contributed by atoms with Crippen molar-refractivity contribution in [3.8, 4) is 0 Å². The molecule has 0 amide bonds. The number of hydrogen-bond donors (Lipinski definition) is 3. The van der Waals surface area contributed by atoms with Crippen molar-refractivity contribution >= 4 is 26.8 Å². The van der Waals surface area contributed by atoms with E-state index in [1.807, 2.05) is 32.9 Å². The lowest BCUT2D eigenvalue weighted by Crippen LogP contribution is -2.47. The molecule has 27 heavy (non-hydrogen) atoms. The number of aliphatic imine (C=N–C) groups is 1. The Morgan fingerprint density at radius 2 is 1.81 bits per heavy atom. The van der Waals surface area contributed by atoms with E-state index in [-0.39, 0.29) is 6.04 Å². The van der Waals surface area contributed by atoms with E-state index < -0.39 is 15.6 Å². The molecule has 6 nitrogen and oxygen atoms in total. The SMILES string of the molecule is CCNC(=NCC(C)(C)NS(C)(=O)=O)NC(C)c1ccc2ccccc2c1. The van der Waals surface area contributed by atoms with Crippen LogP contribution in [0.15, 0.2) is 47.5 Å². The van der Waals surface area contributed by atoms with Crippen LogP contribution in [0.5, 0.6) is 0 Å². The van der Waals surface area contributed by atoms with Gasteiger partial charge in [-0.3, -0.25) is 4.99 Å². The third kappa shape index (κ3) is 6.84. The van der Waals surface area contributed by atoms with E-state index in [0.717, 1.165) is 18.4 Å². The number of rotatable bonds is 7. The number of hydrogen-bond acceptors (Lipinski definition) is 3. The van der Waals surface area contributed by atoms with Crippen LogP contribution in [0.2, 0.25) is 0 Å². The fourth-order valence-corrected chi connectivity index (χ4v) is 3.96. The first-order valence-corrected chi connectivity index (χ1v) is 11.0. The maximum absolute atomic E-state index is 11.5. The minimum absolute atomic E-state index is 0.0541. The van der Waals surface area contributed by atoms with Gasteiger partial charge in [-0.15, -0.1) is 0 Å². The summed E-state index contributed by atoms with van der Waals surface area (Å²) in [4.78, 5) is 4.56. The molecule has 0 saturated heterocycles. The highest BCUT2D eigenvalue weighted by atomic mass is 32.2. The highest BCUT2D eigenvalue weighted by molar-refractivity contribution is 7.88. The standard InChI is InChI=1S/C20H30N4O2S/c1-6-21-19(22-14-20(3,4)24-27(5,25)26)23-15(2)17-12-11-16-9-7-8-10-18(16)13-17/h7-13,15,24H,6,14H2,1-5H3,(H2,21,22,23). The summed E-state index contributed by atoms with van der Waals surface area (Å²) in [5.74, 6) is 0.654. The van der Waals surface area contributed by atoms with Crippen LogP contribution in [-0.4, -0.2) is 39.3 Å². The Morgan fingerprint density at radius 1 is 1.15 bits per heavy atom. The predicted octanol–water partition coefficient (Wildman–Crippen LogP) is 2.78. The number of fused-ring (bicyclic) bond motifs is 1. The molecule has 0 aliphatic carbocycles. The minimum atomic E-state index is -3.29. The summed E-state index contributed by atoms with van der Waals surface area (Å²) in [6.45, 7) is 8.74. The second kappa shape index (κ2) is 8.71. The summed E-state index contributed by atoms with van der Waals surface area (Å²) in [6, 6.07) is 14.7. The molecule has 0 fully saturated rings. The van der Waals surface area contributed by atoms with Gasteiger partial charge in [-0.1, -0.05) is 36.4 Å². The molecule has 2 aromatic carbocycles. The van der Waals surface area contributed by atoms with Gasteiger partial charge in [0.25, 0.3) is 0 Å². The van der Waals surface area contributed by atoms with E-state index in [4.69, 9.17) is 0 Å². The summed E-state index contributed by atoms with van der Waals surface area (Å²) in [5.41, 5.74) is 0.495. The van der Waals surface area contributed by atoms with Gasteiger partial charge in [-0.2, -0.15) is 0 Å². The Morgan fingerprint density at radius 3 is 2.44 bits per heavy atom. The highest BCUT2D eigenvalue weighted by Crippen LogP contribution is 2.20. The van der Waals surface area contributed by atoms with Crippen LogP contribution < -0.4 is 15.4 Å². The van der Waals surface area contributed by atoms with E-state index in [2.05, 4.69) is 57.6 Å². The Hall–Kier alpha value is -2.12. The first-order valence-electron chi connectivity index (χ1n) is 9.12. The molecule has 0 aliphatic rings. The molecule has 0 aliphatic heterocycles. The van der Waals surface area contributed by atoms with Crippen LogP contribution in [0.25, 0.3) is 10.8 Å². The molecule has 1 atom stereocenters. The van der Waals surface area contributed by atoms with Crippen molar-refractivity contribution in [2.75, 3.05) is 19.3 Å². The van der Waals surface area contributed by atoms with Gasteiger partial charge in [0.2, 0.25) is 10.0 Å². The third-order valence-corrected chi connectivity index (χ3v) is 4.99. The molecule has 0 spiro atoms. The summed E-state index contributed by atoms with van der Waals surface area (Å²) >= 11 is 0. The van der Waals surface area contributed by atoms with Crippen molar-refractivity contribution < 1.29 is 8.42 Å². The zero-order chi connectivity index (χ0) is 20.1. The maximum atomic E-state index is 11.5. The van der Waals surface area contributed by atoms with Crippen molar-refractivity contribution in [2.24, 2.45) is 4.99 Å². The second-order valence-electron chi connectivity index (χ2n) is 7.43. The van der Waals surface area contributed by atoms with Gasteiger partial charge >= 0.3 is 0 Å². The smallest absolute Gasteiger partial charge is 0.209 e. The molecular formula is C20H30N4O2S. The lowest BCUT2D eigenvalue weighted by Gasteiger charge is -2.24. The van der Waals surface area contributed by atoms with Crippen LogP contribution >= 0.6 is 0 Å². The molecule has 1 unspecified atom stereocenters. The van der Waals surface area contributed by atoms with Gasteiger partial charge in [0, 0.05) is 12.1 Å². The Bertz CT molecular complexity index is 907. The van der Waals surface area contributed by atoms with Gasteiger partial charge in [-0.25, -0.2) is 13.1 Å². The normalized spacial score (nSPS) is 14.2. The van der Waals surface area contributed by atoms with E-state index in [0.29, 0.717) is 12.5 Å². The summed E-state index contributed by atoms with van der Waals surface area (Å²) in [6.07, 6.45) is 1.16. The van der Waals surface area contributed by atoms with Crippen LogP contribution in [-0.2, 0) is 10.0 Å². The van der Waals surface area contributed by atoms with E-state index in [1.54, 1.807) is 0 Å². The Labute approximate surface area is 162 Å². The average Bonchev–Trinajstić information content (AvgIpc) is 2.57. The largest absolute Gasteiger partial charge is 0.357 e. The number of sulfonamides is 1. The third-order valence-electron chi connectivity index (χ3n) is 4.07. The molecular weight excluding hydrogens is 360 g/mol. The van der Waals surface area contributed by atoms with Gasteiger partial charge in [0.1, 0.15) is 0 Å². The quantitative estimate of drug-likeness (QED) is 0.501. The number of nitrogens with zero attached hydrogens (tertiary/aromatic N) is 1. The molecule has 148 valence electrons. The monoisotopic (exact) mass is 390 g/mol. The number of nitrogens with one attached hydrogen (secondary N) is 3. The minimum Gasteiger partial charge on any atom is -0.357 e. The van der Waals surface area contributed by atoms with Crippen molar-refractivity contribution in [2.45, 2.75) is 39.3 Å². The first kappa shape index (κ1) is 21.2. The van der Waals surface area contributed by atoms with Crippen LogP contribution in [0, 0.1) is 0 Å². The molecule has 0 radical (unpaired) electrons. The number of guanidine groups is 1. The predicted molar refractivity (Wildman–Crippen MR) is 114 cm³/mol. The molecule has 0 aromatic heterocycles. The lowest BCUT2D eigenvalue weighted by atomic mass is 10.0. The molecule has 0 heterocycles. The van der Waals surface area contributed by atoms with Gasteiger partial charge in [0.15, 0.2) is 5.96 Å². The van der Waals surface area contributed by atoms with Crippen LogP contribution in [0.4, 0.5) is 0 Å². The van der Waals surface area contributed by atoms with Crippen molar-refractivity contribution in [1.82, 2.24) is 15.4 Å². The molecule has 2 rings (SSSR count). The van der Waals surface area contributed by atoms with Crippen molar-refractivity contribution in [3.63, 3.8) is 0 Å². The van der Waals surface area contributed by atoms with Crippen molar-refractivity contribution in [3.05, 3.63) is 48.0 Å². The topological polar surface area (TPSA) is 82.6 Å². The lowest BCUT2D eigenvalue weighted by molar-refractivity contribution is 0.464. The molecule has 3 N–H and O–H groups in total. The maximum Gasteiger partial charge on any atom is 0.209 e. The zero-order valence-corrected chi connectivity index (χ0v) is 17.5. The molecule has 0 saturated carbocycles. The molecule has 0 bridgehead atoms. The average molecular weight is 391 g/mol. The second-order valence-corrected chi connectivity index (χ2v) is 9.17. The van der Waals surface area contributed by atoms with E-state index >= 15 is 0 Å². The van der Waals surface area contributed by atoms with Gasteiger partial charge in [-0.05, 0) is 50.1 Å². The highest BCUT2D eigenvalue weighted by Gasteiger charge is 2.22. The van der Waals surface area contributed by atoms with Crippen LogP contribution in [0.3, 0.4) is 0 Å². The summed E-state index contributed by atoms with van der Waals surface area (Å²) in [5, 5.41) is 9.02. The van der Waals surface area contributed by atoms with Gasteiger partial charge in [0.05, 0.1) is 18.8 Å². The van der Waals surface area contributed by atoms with Crippen LogP contribution in [0.1, 0.15) is 39.3 Å². The summed E-state index contributed by atoms with van der Waals surface area (Å²) < 4.78 is 25.6. The summed E-state index contributed by atoms with van der Waals surface area (Å²) in [7, 11) is -3.29. The molecule has 7 heteroatoms. The van der Waals surface area contributed by atoms with E-state index in [1.165, 1.54) is 10.8 Å². The fourth-order valence-electron chi connectivity index (χ4n) is 2.90.